The zero-order valence-corrected chi connectivity index (χ0v) is 11.2. The summed E-state index contributed by atoms with van der Waals surface area (Å²) < 4.78 is 53.9. The number of rotatable bonds is 5. The fourth-order valence-corrected chi connectivity index (χ4v) is 3.10. The van der Waals surface area contributed by atoms with Crippen LogP contribution >= 0.6 is 0 Å². The summed E-state index contributed by atoms with van der Waals surface area (Å²) in [5.74, 6) is -0.169. The largest absolute Gasteiger partial charge is 0.308 e. The molecule has 1 aliphatic heterocycles. The Hall–Kier alpha value is -1.13. The Kier molecular flexibility index (Phi) is 4.11. The summed E-state index contributed by atoms with van der Waals surface area (Å²) in [5.41, 5.74) is 0. The molecule has 1 aliphatic rings. The van der Waals surface area contributed by atoms with Crippen molar-refractivity contribution < 1.29 is 17.2 Å². The van der Waals surface area contributed by atoms with Crippen molar-refractivity contribution in [1.82, 2.24) is 23.8 Å². The van der Waals surface area contributed by atoms with Crippen LogP contribution in [-0.4, -0.2) is 40.6 Å². The van der Waals surface area contributed by atoms with E-state index in [1.165, 1.54) is 8.87 Å². The first-order valence-corrected chi connectivity index (χ1v) is 7.34. The third-order valence-corrected chi connectivity index (χ3v) is 4.38. The van der Waals surface area contributed by atoms with Crippen LogP contribution in [0.15, 0.2) is 0 Å². The van der Waals surface area contributed by atoms with E-state index in [0.29, 0.717) is 13.0 Å². The number of fused-ring (bicyclic) bond motifs is 1. The van der Waals surface area contributed by atoms with Gasteiger partial charge in [-0.25, -0.2) is 13.5 Å². The molecular formula is C9H15F2N5O2S. The van der Waals surface area contributed by atoms with Crippen molar-refractivity contribution in [2.75, 3.05) is 13.1 Å². The summed E-state index contributed by atoms with van der Waals surface area (Å²) in [5, 5.41) is 7.02. The second-order valence-corrected chi connectivity index (χ2v) is 5.91. The van der Waals surface area contributed by atoms with Crippen molar-refractivity contribution in [1.29, 1.82) is 0 Å². The summed E-state index contributed by atoms with van der Waals surface area (Å²) in [7, 11) is -3.58. The minimum atomic E-state index is -3.58. The van der Waals surface area contributed by atoms with Crippen LogP contribution in [0.4, 0.5) is 8.78 Å². The molecule has 0 aliphatic carbocycles. The van der Waals surface area contributed by atoms with E-state index in [0.717, 1.165) is 0 Å². The first kappa shape index (κ1) is 14.3. The molecular weight excluding hydrogens is 280 g/mol. The minimum Gasteiger partial charge on any atom is -0.308 e. The van der Waals surface area contributed by atoms with Crippen molar-refractivity contribution in [2.45, 2.75) is 32.9 Å². The molecule has 1 aromatic rings. The van der Waals surface area contributed by atoms with E-state index in [2.05, 4.69) is 14.9 Å². The maximum Gasteiger partial charge on any atom is 0.297 e. The van der Waals surface area contributed by atoms with Crippen LogP contribution in [0.25, 0.3) is 0 Å². The molecule has 0 fully saturated rings. The first-order chi connectivity index (χ1) is 8.95. The quantitative estimate of drug-likeness (QED) is 0.846. The Morgan fingerprint density at radius 1 is 1.37 bits per heavy atom. The van der Waals surface area contributed by atoms with Crippen molar-refractivity contribution in [3.8, 4) is 0 Å². The topological polar surface area (TPSA) is 80.1 Å². The summed E-state index contributed by atoms with van der Waals surface area (Å²) in [6.45, 7) is 2.41. The van der Waals surface area contributed by atoms with Gasteiger partial charge in [0.05, 0.1) is 6.54 Å². The van der Waals surface area contributed by atoms with Crippen molar-refractivity contribution in [3.05, 3.63) is 11.6 Å². The molecule has 0 aromatic carbocycles. The maximum absolute atomic E-state index is 12.6. The first-order valence-electron chi connectivity index (χ1n) is 5.90. The van der Waals surface area contributed by atoms with Gasteiger partial charge in [0.1, 0.15) is 5.82 Å². The lowest BCUT2D eigenvalue weighted by Crippen LogP contribution is -2.45. The molecule has 0 amide bonds. The molecule has 10 heteroatoms. The Bertz CT molecular complexity index is 545. The Labute approximate surface area is 109 Å². The smallest absolute Gasteiger partial charge is 0.297 e. The Morgan fingerprint density at radius 2 is 2.11 bits per heavy atom. The van der Waals surface area contributed by atoms with Gasteiger partial charge in [0.25, 0.3) is 16.6 Å². The number of alkyl halides is 2. The molecule has 108 valence electrons. The average molecular weight is 295 g/mol. The van der Waals surface area contributed by atoms with Crippen LogP contribution in [-0.2, 0) is 23.3 Å². The molecule has 2 heterocycles. The maximum atomic E-state index is 12.6. The normalized spacial score (nSPS) is 16.8. The molecule has 0 atom stereocenters. The summed E-state index contributed by atoms with van der Waals surface area (Å²) in [4.78, 5) is 0. The fraction of sp³-hybridized carbons (Fsp3) is 0.778. The van der Waals surface area contributed by atoms with Gasteiger partial charge in [0.15, 0.2) is 5.82 Å². The molecule has 1 N–H and O–H groups in total. The fourth-order valence-electron chi connectivity index (χ4n) is 1.85. The molecule has 7 nitrogen and oxygen atoms in total. The molecule has 1 aromatic heterocycles. The van der Waals surface area contributed by atoms with Gasteiger partial charge in [0, 0.05) is 19.6 Å². The molecule has 0 radical (unpaired) electrons. The van der Waals surface area contributed by atoms with E-state index in [4.69, 9.17) is 0 Å². The summed E-state index contributed by atoms with van der Waals surface area (Å²) >= 11 is 0. The lowest BCUT2D eigenvalue weighted by molar-refractivity contribution is 0.132. The Morgan fingerprint density at radius 3 is 2.74 bits per heavy atom. The van der Waals surface area contributed by atoms with Crippen molar-refractivity contribution in [2.24, 2.45) is 0 Å². The van der Waals surface area contributed by atoms with Gasteiger partial charge in [-0.15, -0.1) is 10.2 Å². The lowest BCUT2D eigenvalue weighted by atomic mass is 10.4. The second kappa shape index (κ2) is 5.47. The standard InChI is InChI=1S/C9H15F2N5O2S/c1-2-3-12-19(17,18)15-4-5-16-7(6-15)13-14-9(16)8(10)11/h8,12H,2-6H2,1H3. The lowest BCUT2D eigenvalue weighted by Gasteiger charge is -2.27. The van der Waals surface area contributed by atoms with Crippen LogP contribution in [0.1, 0.15) is 31.4 Å². The minimum absolute atomic E-state index is 0.0429. The summed E-state index contributed by atoms with van der Waals surface area (Å²) in [6.07, 6.45) is -2.03. The van der Waals surface area contributed by atoms with Gasteiger partial charge < -0.3 is 4.57 Å². The van der Waals surface area contributed by atoms with Crippen LogP contribution in [0.2, 0.25) is 0 Å². The monoisotopic (exact) mass is 295 g/mol. The second-order valence-electron chi connectivity index (χ2n) is 4.16. The van der Waals surface area contributed by atoms with Gasteiger partial charge in [-0.2, -0.15) is 12.7 Å². The molecule has 0 spiro atoms. The van der Waals surface area contributed by atoms with Gasteiger partial charge in [-0.3, -0.25) is 0 Å². The molecule has 2 rings (SSSR count). The predicted octanol–water partition coefficient (Wildman–Crippen LogP) is 0.276. The zero-order valence-electron chi connectivity index (χ0n) is 10.4. The third kappa shape index (κ3) is 2.90. The van der Waals surface area contributed by atoms with E-state index in [9.17, 15) is 17.2 Å². The van der Waals surface area contributed by atoms with Gasteiger partial charge in [0.2, 0.25) is 0 Å². The van der Waals surface area contributed by atoms with E-state index < -0.39 is 22.5 Å². The van der Waals surface area contributed by atoms with Crippen LogP contribution in [0.3, 0.4) is 0 Å². The van der Waals surface area contributed by atoms with Crippen molar-refractivity contribution in [3.63, 3.8) is 0 Å². The number of aromatic nitrogens is 3. The van der Waals surface area contributed by atoms with Gasteiger partial charge >= 0.3 is 0 Å². The number of halogens is 2. The molecule has 19 heavy (non-hydrogen) atoms. The van der Waals surface area contributed by atoms with E-state index >= 15 is 0 Å². The van der Waals surface area contributed by atoms with Gasteiger partial charge in [-0.1, -0.05) is 6.92 Å². The van der Waals surface area contributed by atoms with E-state index in [1.807, 2.05) is 6.92 Å². The highest BCUT2D eigenvalue weighted by Gasteiger charge is 2.30. The van der Waals surface area contributed by atoms with Crippen LogP contribution in [0.5, 0.6) is 0 Å². The third-order valence-electron chi connectivity index (χ3n) is 2.82. The highest BCUT2D eigenvalue weighted by molar-refractivity contribution is 7.87. The number of nitrogens with zero attached hydrogens (tertiary/aromatic N) is 4. The van der Waals surface area contributed by atoms with Crippen LogP contribution in [0, 0.1) is 0 Å². The Balaban J connectivity index is 2.15. The molecule has 0 saturated heterocycles. The van der Waals surface area contributed by atoms with Crippen molar-refractivity contribution >= 4 is 10.2 Å². The number of hydrogen-bond acceptors (Lipinski definition) is 4. The average Bonchev–Trinajstić information content (AvgIpc) is 2.79. The molecule has 0 saturated carbocycles. The molecule has 0 bridgehead atoms. The predicted molar refractivity (Wildman–Crippen MR) is 62.6 cm³/mol. The zero-order chi connectivity index (χ0) is 14.0. The van der Waals surface area contributed by atoms with E-state index in [-0.39, 0.29) is 25.5 Å². The molecule has 0 unspecified atom stereocenters. The SMILES string of the molecule is CCCNS(=O)(=O)N1CCn2c(nnc2C(F)F)C1. The highest BCUT2D eigenvalue weighted by atomic mass is 32.2. The number of nitrogens with one attached hydrogen (secondary N) is 1. The highest BCUT2D eigenvalue weighted by Crippen LogP contribution is 2.21. The summed E-state index contributed by atoms with van der Waals surface area (Å²) in [6, 6.07) is 0. The van der Waals surface area contributed by atoms with Gasteiger partial charge in [-0.05, 0) is 6.42 Å². The van der Waals surface area contributed by atoms with E-state index in [1.54, 1.807) is 0 Å². The van der Waals surface area contributed by atoms with Crippen LogP contribution < -0.4 is 4.72 Å². The number of hydrogen-bond donors (Lipinski definition) is 1.